The lowest BCUT2D eigenvalue weighted by Gasteiger charge is -2.23. The zero-order chi connectivity index (χ0) is 9.26. The van der Waals surface area contributed by atoms with Crippen molar-refractivity contribution in [1.82, 2.24) is 0 Å². The summed E-state index contributed by atoms with van der Waals surface area (Å²) < 4.78 is 5.47. The van der Waals surface area contributed by atoms with Crippen molar-refractivity contribution in [2.75, 3.05) is 6.61 Å². The van der Waals surface area contributed by atoms with E-state index in [1.807, 2.05) is 18.2 Å². The Balaban J connectivity index is 2.41. The molecule has 1 aromatic carbocycles. The van der Waals surface area contributed by atoms with Gasteiger partial charge in [-0.2, -0.15) is 0 Å². The first-order valence-electron chi connectivity index (χ1n) is 4.52. The third kappa shape index (κ3) is 1.53. The molecule has 1 aromatic rings. The van der Waals surface area contributed by atoms with Crippen LogP contribution < -0.4 is 16.2 Å². The first kappa shape index (κ1) is 8.53. The van der Waals surface area contributed by atoms with Crippen LogP contribution in [-0.4, -0.2) is 6.61 Å². The van der Waals surface area contributed by atoms with E-state index in [-0.39, 0.29) is 6.04 Å². The van der Waals surface area contributed by atoms with Gasteiger partial charge in [0.05, 0.1) is 6.61 Å². The smallest absolute Gasteiger partial charge is 0.124 e. The van der Waals surface area contributed by atoms with Gasteiger partial charge in [0.2, 0.25) is 0 Å². The molecule has 4 N–H and O–H groups in total. The molecule has 0 bridgehead atoms. The average molecular weight is 178 g/mol. The van der Waals surface area contributed by atoms with Gasteiger partial charge in [-0.3, -0.25) is 0 Å². The van der Waals surface area contributed by atoms with E-state index in [0.717, 1.165) is 29.9 Å². The fraction of sp³-hybridized carbons (Fsp3) is 0.400. The Bertz CT molecular complexity index is 312. The van der Waals surface area contributed by atoms with Crippen LogP contribution in [0.25, 0.3) is 0 Å². The topological polar surface area (TPSA) is 61.3 Å². The minimum Gasteiger partial charge on any atom is -0.493 e. The second-order valence-corrected chi connectivity index (χ2v) is 3.32. The minimum absolute atomic E-state index is 0.107. The van der Waals surface area contributed by atoms with Crippen LogP contribution in [-0.2, 0) is 6.54 Å². The highest BCUT2D eigenvalue weighted by Gasteiger charge is 2.17. The van der Waals surface area contributed by atoms with Gasteiger partial charge < -0.3 is 16.2 Å². The van der Waals surface area contributed by atoms with Crippen LogP contribution in [0.1, 0.15) is 23.6 Å². The summed E-state index contributed by atoms with van der Waals surface area (Å²) in [5, 5.41) is 0. The molecule has 0 saturated heterocycles. The lowest BCUT2D eigenvalue weighted by Crippen LogP contribution is -2.20. The van der Waals surface area contributed by atoms with Crippen molar-refractivity contribution < 1.29 is 4.74 Å². The number of hydrogen-bond acceptors (Lipinski definition) is 3. The number of fused-ring (bicyclic) bond motifs is 1. The van der Waals surface area contributed by atoms with Gasteiger partial charge in [-0.1, -0.05) is 6.07 Å². The summed E-state index contributed by atoms with van der Waals surface area (Å²) in [6.45, 7) is 1.27. The van der Waals surface area contributed by atoms with E-state index < -0.39 is 0 Å². The molecular formula is C10H14N2O. The minimum atomic E-state index is 0.107. The van der Waals surface area contributed by atoms with Gasteiger partial charge in [0.25, 0.3) is 0 Å². The van der Waals surface area contributed by atoms with Crippen molar-refractivity contribution in [3.8, 4) is 5.75 Å². The SMILES string of the molecule is NCc1ccc2c(c1)[C@H](N)CCO2. The molecule has 1 aliphatic heterocycles. The Morgan fingerprint density at radius 2 is 2.31 bits per heavy atom. The summed E-state index contributed by atoms with van der Waals surface area (Å²) in [6.07, 6.45) is 0.890. The average Bonchev–Trinajstić information content (AvgIpc) is 2.18. The van der Waals surface area contributed by atoms with E-state index in [2.05, 4.69) is 0 Å². The van der Waals surface area contributed by atoms with Crippen molar-refractivity contribution in [2.24, 2.45) is 11.5 Å². The Kier molecular flexibility index (Phi) is 2.20. The molecule has 0 spiro atoms. The van der Waals surface area contributed by atoms with Gasteiger partial charge in [-0.25, -0.2) is 0 Å². The molecule has 0 aliphatic carbocycles. The zero-order valence-corrected chi connectivity index (χ0v) is 7.49. The molecule has 1 heterocycles. The summed E-state index contributed by atoms with van der Waals surface area (Å²) in [6, 6.07) is 6.09. The third-order valence-electron chi connectivity index (χ3n) is 2.40. The molecule has 1 atom stereocenters. The maximum absolute atomic E-state index is 5.95. The fourth-order valence-corrected chi connectivity index (χ4v) is 1.60. The molecule has 0 amide bonds. The molecule has 0 aromatic heterocycles. The summed E-state index contributed by atoms with van der Waals surface area (Å²) >= 11 is 0. The van der Waals surface area contributed by atoms with Crippen molar-refractivity contribution >= 4 is 0 Å². The maximum atomic E-state index is 5.95. The number of ether oxygens (including phenoxy) is 1. The molecule has 3 heteroatoms. The predicted octanol–water partition coefficient (Wildman–Crippen LogP) is 0.928. The summed E-state index contributed by atoms with van der Waals surface area (Å²) in [5.41, 5.74) is 13.7. The second kappa shape index (κ2) is 3.36. The lowest BCUT2D eigenvalue weighted by molar-refractivity contribution is 0.269. The van der Waals surface area contributed by atoms with Crippen molar-refractivity contribution in [3.63, 3.8) is 0 Å². The highest BCUT2D eigenvalue weighted by Crippen LogP contribution is 2.30. The van der Waals surface area contributed by atoms with E-state index in [1.165, 1.54) is 0 Å². The molecule has 0 radical (unpaired) electrons. The van der Waals surface area contributed by atoms with Crippen LogP contribution in [0.5, 0.6) is 5.75 Å². The van der Waals surface area contributed by atoms with Crippen LogP contribution in [0.15, 0.2) is 18.2 Å². The van der Waals surface area contributed by atoms with Crippen LogP contribution in [0.3, 0.4) is 0 Å². The van der Waals surface area contributed by atoms with Crippen molar-refractivity contribution in [3.05, 3.63) is 29.3 Å². The predicted molar refractivity (Wildman–Crippen MR) is 51.4 cm³/mol. The number of benzene rings is 1. The van der Waals surface area contributed by atoms with Gasteiger partial charge in [0.15, 0.2) is 0 Å². The summed E-state index contributed by atoms with van der Waals surface area (Å²) in [5.74, 6) is 0.913. The summed E-state index contributed by atoms with van der Waals surface area (Å²) in [7, 11) is 0. The number of hydrogen-bond donors (Lipinski definition) is 2. The fourth-order valence-electron chi connectivity index (χ4n) is 1.60. The largest absolute Gasteiger partial charge is 0.493 e. The van der Waals surface area contributed by atoms with E-state index in [4.69, 9.17) is 16.2 Å². The zero-order valence-electron chi connectivity index (χ0n) is 7.49. The Hall–Kier alpha value is -1.06. The Morgan fingerprint density at radius 1 is 1.46 bits per heavy atom. The molecule has 0 unspecified atom stereocenters. The molecule has 70 valence electrons. The van der Waals surface area contributed by atoms with Crippen LogP contribution in [0, 0.1) is 0 Å². The van der Waals surface area contributed by atoms with Crippen LogP contribution in [0.2, 0.25) is 0 Å². The molecule has 3 nitrogen and oxygen atoms in total. The molecule has 13 heavy (non-hydrogen) atoms. The van der Waals surface area contributed by atoms with Gasteiger partial charge in [-0.15, -0.1) is 0 Å². The first-order valence-corrected chi connectivity index (χ1v) is 4.52. The van der Waals surface area contributed by atoms with E-state index in [0.29, 0.717) is 6.54 Å². The van der Waals surface area contributed by atoms with E-state index >= 15 is 0 Å². The highest BCUT2D eigenvalue weighted by molar-refractivity contribution is 5.40. The van der Waals surface area contributed by atoms with Crippen molar-refractivity contribution in [1.29, 1.82) is 0 Å². The molecular weight excluding hydrogens is 164 g/mol. The van der Waals surface area contributed by atoms with Crippen molar-refractivity contribution in [2.45, 2.75) is 19.0 Å². The monoisotopic (exact) mass is 178 g/mol. The second-order valence-electron chi connectivity index (χ2n) is 3.32. The normalized spacial score (nSPS) is 20.6. The quantitative estimate of drug-likeness (QED) is 0.672. The van der Waals surface area contributed by atoms with E-state index in [9.17, 15) is 0 Å². The Labute approximate surface area is 77.7 Å². The highest BCUT2D eigenvalue weighted by atomic mass is 16.5. The number of nitrogens with two attached hydrogens (primary N) is 2. The molecule has 2 rings (SSSR count). The van der Waals surface area contributed by atoms with Gasteiger partial charge in [0.1, 0.15) is 5.75 Å². The Morgan fingerprint density at radius 3 is 3.08 bits per heavy atom. The maximum Gasteiger partial charge on any atom is 0.124 e. The summed E-state index contributed by atoms with van der Waals surface area (Å²) in [4.78, 5) is 0. The third-order valence-corrected chi connectivity index (χ3v) is 2.40. The van der Waals surface area contributed by atoms with E-state index in [1.54, 1.807) is 0 Å². The van der Waals surface area contributed by atoms with Crippen LogP contribution in [0.4, 0.5) is 0 Å². The van der Waals surface area contributed by atoms with Gasteiger partial charge in [-0.05, 0) is 17.7 Å². The van der Waals surface area contributed by atoms with Gasteiger partial charge in [0, 0.05) is 24.6 Å². The van der Waals surface area contributed by atoms with Crippen LogP contribution >= 0.6 is 0 Å². The standard InChI is InChI=1S/C10H14N2O/c11-6-7-1-2-10-8(5-7)9(12)3-4-13-10/h1-2,5,9H,3-4,6,11-12H2/t9-/m1/s1. The number of rotatable bonds is 1. The molecule has 1 aliphatic rings. The van der Waals surface area contributed by atoms with Gasteiger partial charge >= 0.3 is 0 Å². The molecule has 0 saturated carbocycles. The first-order chi connectivity index (χ1) is 6.31. The lowest BCUT2D eigenvalue weighted by atomic mass is 9.99. The molecule has 0 fully saturated rings.